The van der Waals surface area contributed by atoms with E-state index in [-0.39, 0.29) is 17.2 Å². The molecule has 4 nitrogen and oxygen atoms in total. The Hall–Kier alpha value is -2.13. The largest absolute Gasteiger partial charge is 0.382 e. The van der Waals surface area contributed by atoms with Gasteiger partial charge in [0.1, 0.15) is 29.1 Å². The minimum atomic E-state index is -0.278. The number of benzene rings is 1. The van der Waals surface area contributed by atoms with Gasteiger partial charge in [0.2, 0.25) is 0 Å². The van der Waals surface area contributed by atoms with E-state index in [1.54, 1.807) is 12.1 Å². The van der Waals surface area contributed by atoms with Gasteiger partial charge in [-0.05, 0) is 18.2 Å². The van der Waals surface area contributed by atoms with Crippen molar-refractivity contribution in [3.05, 3.63) is 47.7 Å². The average Bonchev–Trinajstić information content (AvgIpc) is 2.37. The first-order chi connectivity index (χ1) is 8.69. The molecule has 0 aliphatic heterocycles. The number of nitrogens with zero attached hydrogens (tertiary/aromatic N) is 3. The number of aromatic nitrogens is 2. The van der Waals surface area contributed by atoms with Crippen molar-refractivity contribution < 1.29 is 4.39 Å². The first kappa shape index (κ1) is 12.3. The number of anilines is 1. The lowest BCUT2D eigenvalue weighted by atomic mass is 10.3. The van der Waals surface area contributed by atoms with Crippen molar-refractivity contribution in [2.45, 2.75) is 10.6 Å². The van der Waals surface area contributed by atoms with Gasteiger partial charge in [0.25, 0.3) is 0 Å². The summed E-state index contributed by atoms with van der Waals surface area (Å²) in [6.07, 6.45) is 1.39. The number of hydrogen-bond donors (Lipinski definition) is 1. The van der Waals surface area contributed by atoms with Crippen LogP contribution in [0, 0.1) is 17.1 Å². The molecule has 0 aliphatic carbocycles. The Morgan fingerprint density at radius 3 is 2.94 bits per heavy atom. The number of nitrogens with two attached hydrogens (primary N) is 1. The topological polar surface area (TPSA) is 75.6 Å². The SMILES string of the molecule is N#Cc1cnc(CSc2cccc(F)c2)nc1N. The standard InChI is InChI=1S/C12H9FN4S/c13-9-2-1-3-10(4-9)18-7-11-16-6-8(5-14)12(15)17-11/h1-4,6H,7H2,(H2,15,16,17). The van der Waals surface area contributed by atoms with Crippen molar-refractivity contribution in [2.24, 2.45) is 0 Å². The molecule has 0 saturated carbocycles. The number of thioether (sulfide) groups is 1. The third-order valence-electron chi connectivity index (χ3n) is 2.15. The van der Waals surface area contributed by atoms with E-state index in [2.05, 4.69) is 9.97 Å². The van der Waals surface area contributed by atoms with E-state index in [0.29, 0.717) is 11.6 Å². The zero-order valence-electron chi connectivity index (χ0n) is 9.30. The lowest BCUT2D eigenvalue weighted by molar-refractivity contribution is 0.624. The maximum absolute atomic E-state index is 13.0. The van der Waals surface area contributed by atoms with E-state index in [1.165, 1.54) is 30.1 Å². The second-order valence-corrected chi connectivity index (χ2v) is 4.49. The number of halogens is 1. The summed E-state index contributed by atoms with van der Waals surface area (Å²) in [6, 6.07) is 8.18. The number of nitriles is 1. The zero-order valence-corrected chi connectivity index (χ0v) is 10.1. The number of rotatable bonds is 3. The van der Waals surface area contributed by atoms with Gasteiger partial charge in [-0.1, -0.05) is 6.07 Å². The molecule has 18 heavy (non-hydrogen) atoms. The molecule has 2 N–H and O–H groups in total. The van der Waals surface area contributed by atoms with Gasteiger partial charge in [0.15, 0.2) is 0 Å². The predicted octanol–water partition coefficient (Wildman–Crippen LogP) is 2.36. The van der Waals surface area contributed by atoms with Gasteiger partial charge in [0.05, 0.1) is 11.9 Å². The van der Waals surface area contributed by atoms with Crippen molar-refractivity contribution in [1.82, 2.24) is 9.97 Å². The number of nitrogen functional groups attached to an aromatic ring is 1. The molecule has 0 fully saturated rings. The molecule has 1 aromatic carbocycles. The summed E-state index contributed by atoms with van der Waals surface area (Å²) >= 11 is 1.41. The molecule has 6 heteroatoms. The fourth-order valence-corrected chi connectivity index (χ4v) is 2.10. The van der Waals surface area contributed by atoms with Crippen molar-refractivity contribution in [2.75, 3.05) is 5.73 Å². The number of hydrogen-bond acceptors (Lipinski definition) is 5. The Morgan fingerprint density at radius 2 is 2.28 bits per heavy atom. The molecule has 0 saturated heterocycles. The normalized spacial score (nSPS) is 10.0. The second kappa shape index (κ2) is 5.47. The van der Waals surface area contributed by atoms with E-state index in [1.807, 2.05) is 6.07 Å². The molecule has 0 amide bonds. The minimum absolute atomic E-state index is 0.169. The van der Waals surface area contributed by atoms with Gasteiger partial charge in [-0.15, -0.1) is 11.8 Å². The van der Waals surface area contributed by atoms with Crippen LogP contribution >= 0.6 is 11.8 Å². The van der Waals surface area contributed by atoms with E-state index in [9.17, 15) is 4.39 Å². The van der Waals surface area contributed by atoms with Crippen LogP contribution in [-0.2, 0) is 5.75 Å². The van der Waals surface area contributed by atoms with Crippen molar-refractivity contribution in [1.29, 1.82) is 5.26 Å². The average molecular weight is 260 g/mol. The van der Waals surface area contributed by atoms with Crippen LogP contribution in [0.25, 0.3) is 0 Å². The molecule has 1 heterocycles. The fraction of sp³-hybridized carbons (Fsp3) is 0.0833. The monoisotopic (exact) mass is 260 g/mol. The Kier molecular flexibility index (Phi) is 3.75. The minimum Gasteiger partial charge on any atom is -0.382 e. The summed E-state index contributed by atoms with van der Waals surface area (Å²) in [7, 11) is 0. The fourth-order valence-electron chi connectivity index (χ4n) is 1.29. The van der Waals surface area contributed by atoms with Gasteiger partial charge >= 0.3 is 0 Å². The van der Waals surface area contributed by atoms with Crippen LogP contribution in [0.15, 0.2) is 35.4 Å². The molecule has 2 aromatic rings. The van der Waals surface area contributed by atoms with Crippen LogP contribution in [0.3, 0.4) is 0 Å². The van der Waals surface area contributed by atoms with Crippen LogP contribution in [0.4, 0.5) is 10.2 Å². The summed E-state index contributed by atoms with van der Waals surface area (Å²) in [5.74, 6) is 0.877. The third-order valence-corrected chi connectivity index (χ3v) is 3.14. The van der Waals surface area contributed by atoms with E-state index >= 15 is 0 Å². The summed E-state index contributed by atoms with van der Waals surface area (Å²) in [5, 5.41) is 8.69. The first-order valence-corrected chi connectivity index (χ1v) is 6.07. The van der Waals surface area contributed by atoms with Gasteiger partial charge in [-0.25, -0.2) is 14.4 Å². The molecule has 2 rings (SSSR count). The molecule has 1 aromatic heterocycles. The maximum Gasteiger partial charge on any atom is 0.145 e. The predicted molar refractivity (Wildman–Crippen MR) is 67.1 cm³/mol. The smallest absolute Gasteiger partial charge is 0.145 e. The van der Waals surface area contributed by atoms with Gasteiger partial charge in [-0.2, -0.15) is 5.26 Å². The molecule has 0 bridgehead atoms. The van der Waals surface area contributed by atoms with Gasteiger partial charge in [0, 0.05) is 4.90 Å². The molecule has 0 radical (unpaired) electrons. The van der Waals surface area contributed by atoms with E-state index in [4.69, 9.17) is 11.0 Å². The van der Waals surface area contributed by atoms with Crippen LogP contribution in [0.2, 0.25) is 0 Å². The summed E-state index contributed by atoms with van der Waals surface area (Å²) in [6.45, 7) is 0. The third kappa shape index (κ3) is 2.96. The lowest BCUT2D eigenvalue weighted by Gasteiger charge is -2.02. The van der Waals surface area contributed by atoms with E-state index in [0.717, 1.165) is 4.90 Å². The lowest BCUT2D eigenvalue weighted by Crippen LogP contribution is -2.00. The Bertz CT molecular complexity index is 609. The van der Waals surface area contributed by atoms with Gasteiger partial charge in [-0.3, -0.25) is 0 Å². The van der Waals surface area contributed by atoms with E-state index < -0.39 is 0 Å². The van der Waals surface area contributed by atoms with Crippen LogP contribution in [0.1, 0.15) is 11.4 Å². The molecule has 0 atom stereocenters. The molecule has 0 aliphatic rings. The Labute approximate surface area is 108 Å². The second-order valence-electron chi connectivity index (χ2n) is 3.44. The molecule has 0 unspecified atom stereocenters. The highest BCUT2D eigenvalue weighted by Gasteiger charge is 2.04. The van der Waals surface area contributed by atoms with Crippen molar-refractivity contribution >= 4 is 17.6 Å². The summed E-state index contributed by atoms with van der Waals surface area (Å²) in [4.78, 5) is 8.82. The molecular formula is C12H9FN4S. The van der Waals surface area contributed by atoms with Gasteiger partial charge < -0.3 is 5.73 Å². The molecule has 0 spiro atoms. The highest BCUT2D eigenvalue weighted by Crippen LogP contribution is 2.22. The summed E-state index contributed by atoms with van der Waals surface area (Å²) < 4.78 is 13.0. The van der Waals surface area contributed by atoms with Crippen molar-refractivity contribution in [3.63, 3.8) is 0 Å². The first-order valence-electron chi connectivity index (χ1n) is 5.09. The quantitative estimate of drug-likeness (QED) is 0.857. The highest BCUT2D eigenvalue weighted by molar-refractivity contribution is 7.98. The Balaban J connectivity index is 2.07. The molecular weight excluding hydrogens is 251 g/mol. The van der Waals surface area contributed by atoms with Crippen LogP contribution < -0.4 is 5.73 Å². The Morgan fingerprint density at radius 1 is 1.44 bits per heavy atom. The van der Waals surface area contributed by atoms with Crippen LogP contribution in [0.5, 0.6) is 0 Å². The zero-order chi connectivity index (χ0) is 13.0. The summed E-state index contributed by atoms with van der Waals surface area (Å²) in [5.41, 5.74) is 5.84. The molecule has 90 valence electrons. The van der Waals surface area contributed by atoms with Crippen molar-refractivity contribution in [3.8, 4) is 6.07 Å². The maximum atomic E-state index is 13.0. The highest BCUT2D eigenvalue weighted by atomic mass is 32.2. The van der Waals surface area contributed by atoms with Crippen LogP contribution in [-0.4, -0.2) is 9.97 Å².